The lowest BCUT2D eigenvalue weighted by Crippen LogP contribution is -2.36. The molecule has 0 heterocycles. The second-order valence-electron chi connectivity index (χ2n) is 5.15. The van der Waals surface area contributed by atoms with E-state index in [0.29, 0.717) is 18.0 Å². The zero-order valence-corrected chi connectivity index (χ0v) is 12.3. The summed E-state index contributed by atoms with van der Waals surface area (Å²) in [6.45, 7) is 1.65. The van der Waals surface area contributed by atoms with Gasteiger partial charge in [0, 0.05) is 6.07 Å². The molecule has 0 aliphatic carbocycles. The maximum Gasteiger partial charge on any atom is 0.149 e. The van der Waals surface area contributed by atoms with Crippen molar-refractivity contribution < 1.29 is 14.0 Å². The van der Waals surface area contributed by atoms with Crippen molar-refractivity contribution in [2.75, 3.05) is 48.5 Å². The van der Waals surface area contributed by atoms with Gasteiger partial charge < -0.3 is 14.0 Å². The highest BCUT2D eigenvalue weighted by Crippen LogP contribution is 2.30. The van der Waals surface area contributed by atoms with Crippen molar-refractivity contribution in [2.45, 2.75) is 0 Å². The molecule has 0 spiro atoms. The van der Waals surface area contributed by atoms with Crippen LogP contribution in [0, 0.1) is 0 Å². The molecule has 0 aliphatic rings. The normalized spacial score (nSPS) is 10.6. The van der Waals surface area contributed by atoms with Gasteiger partial charge in [-0.25, -0.2) is 4.99 Å². The Morgan fingerprint density at radius 3 is 2.47 bits per heavy atom. The van der Waals surface area contributed by atoms with E-state index in [1.54, 1.807) is 20.3 Å². The third kappa shape index (κ3) is 5.55. The van der Waals surface area contributed by atoms with Crippen LogP contribution < -0.4 is 9.47 Å². The standard InChI is InChI=1S/C14H22N3O2/c1-17(2,3)9-8-15-11-16-13-7-6-12(18-4)10-14(13)19-5/h6-7,10H,8-9H2,1-5H3/q+1. The van der Waals surface area contributed by atoms with Crippen molar-refractivity contribution in [2.24, 2.45) is 9.98 Å². The van der Waals surface area contributed by atoms with E-state index < -0.39 is 0 Å². The van der Waals surface area contributed by atoms with E-state index in [-0.39, 0.29) is 0 Å². The number of hydrogen-bond donors (Lipinski definition) is 0. The van der Waals surface area contributed by atoms with Crippen LogP contribution in [0.3, 0.4) is 0 Å². The summed E-state index contributed by atoms with van der Waals surface area (Å²) in [5.41, 5.74) is 0.692. The highest BCUT2D eigenvalue weighted by molar-refractivity contribution is 5.61. The Labute approximate surface area is 114 Å². The molecule has 0 amide bonds. The molecule has 0 unspecified atom stereocenters. The molecule has 1 aromatic rings. The van der Waals surface area contributed by atoms with Gasteiger partial charge in [-0.15, -0.1) is 0 Å². The fourth-order valence-electron chi connectivity index (χ4n) is 1.37. The van der Waals surface area contributed by atoms with E-state index in [0.717, 1.165) is 16.8 Å². The Morgan fingerprint density at radius 1 is 1.16 bits per heavy atom. The summed E-state index contributed by atoms with van der Waals surface area (Å²) in [5.74, 6) is 1.38. The third-order valence-corrected chi connectivity index (χ3v) is 2.51. The van der Waals surface area contributed by atoms with E-state index in [1.807, 2.05) is 12.1 Å². The zero-order valence-electron chi connectivity index (χ0n) is 12.3. The summed E-state index contributed by atoms with van der Waals surface area (Å²) in [7, 11) is 9.59. The molecule has 0 aliphatic heterocycles. The number of methoxy groups -OCH3 is 2. The molecule has 0 bridgehead atoms. The molecule has 0 radical (unpaired) electrons. The second kappa shape index (κ2) is 6.92. The molecule has 0 aromatic heterocycles. The smallest absolute Gasteiger partial charge is 0.149 e. The van der Waals surface area contributed by atoms with E-state index in [1.165, 1.54) is 0 Å². The first-order valence-electron chi connectivity index (χ1n) is 6.11. The van der Waals surface area contributed by atoms with Crippen molar-refractivity contribution >= 4 is 11.7 Å². The van der Waals surface area contributed by atoms with E-state index >= 15 is 0 Å². The van der Waals surface area contributed by atoms with Gasteiger partial charge in [0.25, 0.3) is 0 Å². The Balaban J connectivity index is 2.73. The Morgan fingerprint density at radius 2 is 1.89 bits per heavy atom. The van der Waals surface area contributed by atoms with E-state index in [9.17, 15) is 0 Å². The van der Waals surface area contributed by atoms with Crippen molar-refractivity contribution in [3.63, 3.8) is 0 Å². The van der Waals surface area contributed by atoms with Gasteiger partial charge in [-0.2, -0.15) is 4.99 Å². The first-order valence-corrected chi connectivity index (χ1v) is 6.11. The van der Waals surface area contributed by atoms with Crippen molar-refractivity contribution in [1.82, 2.24) is 0 Å². The first kappa shape index (κ1) is 15.2. The lowest BCUT2D eigenvalue weighted by molar-refractivity contribution is -0.868. The van der Waals surface area contributed by atoms with E-state index in [4.69, 9.17) is 9.47 Å². The van der Waals surface area contributed by atoms with Crippen LogP contribution in [-0.4, -0.2) is 58.9 Å². The highest BCUT2D eigenvalue weighted by atomic mass is 16.5. The fourth-order valence-corrected chi connectivity index (χ4v) is 1.37. The van der Waals surface area contributed by atoms with Gasteiger partial charge in [0.1, 0.15) is 17.2 Å². The maximum absolute atomic E-state index is 5.24. The van der Waals surface area contributed by atoms with Gasteiger partial charge in [-0.05, 0) is 12.1 Å². The molecule has 1 rings (SSSR count). The van der Waals surface area contributed by atoms with Crippen LogP contribution in [0.15, 0.2) is 28.2 Å². The molecule has 0 fully saturated rings. The Kier molecular flexibility index (Phi) is 5.55. The number of likely N-dealkylation sites (N-methyl/N-ethyl adjacent to an activating group) is 1. The topological polar surface area (TPSA) is 43.2 Å². The van der Waals surface area contributed by atoms with Crippen LogP contribution in [0.25, 0.3) is 0 Å². The first-order chi connectivity index (χ1) is 8.96. The highest BCUT2D eigenvalue weighted by Gasteiger charge is 2.04. The minimum Gasteiger partial charge on any atom is -0.497 e. The van der Waals surface area contributed by atoms with Crippen LogP contribution in [0.4, 0.5) is 5.69 Å². The zero-order chi connectivity index (χ0) is 14.3. The van der Waals surface area contributed by atoms with Gasteiger partial charge >= 0.3 is 0 Å². The molecule has 104 valence electrons. The average Bonchev–Trinajstić information content (AvgIpc) is 2.37. The minimum absolute atomic E-state index is 0.647. The second-order valence-corrected chi connectivity index (χ2v) is 5.15. The predicted molar refractivity (Wildman–Crippen MR) is 76.8 cm³/mol. The minimum atomic E-state index is 0.647. The van der Waals surface area contributed by atoms with Crippen LogP contribution in [0.2, 0.25) is 0 Å². The maximum atomic E-state index is 5.24. The van der Waals surface area contributed by atoms with Gasteiger partial charge in [0.2, 0.25) is 0 Å². The number of rotatable bonds is 6. The lowest BCUT2D eigenvalue weighted by Gasteiger charge is -2.22. The number of hydrogen-bond acceptors (Lipinski definition) is 4. The van der Waals surface area contributed by atoms with Gasteiger partial charge in [-0.3, -0.25) is 0 Å². The van der Waals surface area contributed by atoms with Crippen molar-refractivity contribution in [3.8, 4) is 11.5 Å². The van der Waals surface area contributed by atoms with E-state index in [2.05, 4.69) is 37.1 Å². The largest absolute Gasteiger partial charge is 0.497 e. The fraction of sp³-hybridized carbons (Fsp3) is 0.500. The van der Waals surface area contributed by atoms with Crippen molar-refractivity contribution in [1.29, 1.82) is 0 Å². The molecule has 0 N–H and O–H groups in total. The molecule has 5 heteroatoms. The monoisotopic (exact) mass is 264 g/mol. The van der Waals surface area contributed by atoms with Crippen LogP contribution in [0.5, 0.6) is 11.5 Å². The molecule has 1 aromatic carbocycles. The summed E-state index contributed by atoms with van der Waals surface area (Å²) in [5, 5.41) is 0. The molecular weight excluding hydrogens is 242 g/mol. The molecule has 0 saturated carbocycles. The number of aliphatic imine (C=N–C) groups is 2. The van der Waals surface area contributed by atoms with Gasteiger partial charge in [-0.1, -0.05) is 0 Å². The summed E-state index contributed by atoms with van der Waals surface area (Å²) >= 11 is 0. The van der Waals surface area contributed by atoms with Gasteiger partial charge in [0.05, 0.1) is 54.5 Å². The average molecular weight is 264 g/mol. The molecular formula is C14H22N3O2+. The Bertz CT molecular complexity index is 472. The van der Waals surface area contributed by atoms with Crippen LogP contribution in [0.1, 0.15) is 0 Å². The number of quaternary nitrogens is 1. The summed E-state index contributed by atoms with van der Waals surface area (Å²) in [4.78, 5) is 8.32. The SMILES string of the molecule is COc1ccc(N=C=NCC[N+](C)(C)C)c(OC)c1. The third-order valence-electron chi connectivity index (χ3n) is 2.51. The van der Waals surface area contributed by atoms with Crippen LogP contribution >= 0.6 is 0 Å². The molecule has 19 heavy (non-hydrogen) atoms. The summed E-state index contributed by atoms with van der Waals surface area (Å²) < 4.78 is 11.2. The molecule has 0 saturated heterocycles. The summed E-state index contributed by atoms with van der Waals surface area (Å²) in [6.07, 6.45) is 0. The molecule has 5 nitrogen and oxygen atoms in total. The predicted octanol–water partition coefficient (Wildman–Crippen LogP) is 2.22. The van der Waals surface area contributed by atoms with Crippen molar-refractivity contribution in [3.05, 3.63) is 18.2 Å². The number of nitrogens with zero attached hydrogens (tertiary/aromatic N) is 3. The quantitative estimate of drug-likeness (QED) is 0.584. The lowest BCUT2D eigenvalue weighted by atomic mass is 10.3. The number of ether oxygens (including phenoxy) is 2. The van der Waals surface area contributed by atoms with Crippen LogP contribution in [-0.2, 0) is 0 Å². The van der Waals surface area contributed by atoms with Gasteiger partial charge in [0.15, 0.2) is 0 Å². The summed E-state index contributed by atoms with van der Waals surface area (Å²) in [6, 6.07) is 8.14. The molecule has 0 atom stereocenters. The Hall–Kier alpha value is -1.84. The number of benzene rings is 1.